The molecule has 4 heteroatoms. The van der Waals surface area contributed by atoms with Gasteiger partial charge in [-0.1, -0.05) is 13.8 Å². The predicted molar refractivity (Wildman–Crippen MR) is 65.9 cm³/mol. The summed E-state index contributed by atoms with van der Waals surface area (Å²) in [6.45, 7) is 4.79. The summed E-state index contributed by atoms with van der Waals surface area (Å²) >= 11 is 0. The molecule has 4 nitrogen and oxygen atoms in total. The Morgan fingerprint density at radius 1 is 1.53 bits per heavy atom. The smallest absolute Gasteiger partial charge is 0.286 e. The van der Waals surface area contributed by atoms with Crippen molar-refractivity contribution in [1.82, 2.24) is 5.32 Å². The number of furan rings is 1. The van der Waals surface area contributed by atoms with E-state index >= 15 is 0 Å². The third kappa shape index (κ3) is 4.61. The lowest BCUT2D eigenvalue weighted by molar-refractivity contribution is 0.0922. The Labute approximate surface area is 102 Å². The van der Waals surface area contributed by atoms with Crippen molar-refractivity contribution in [3.8, 4) is 0 Å². The van der Waals surface area contributed by atoms with E-state index in [1.54, 1.807) is 6.07 Å². The van der Waals surface area contributed by atoms with E-state index in [1.165, 1.54) is 0 Å². The molecule has 1 aromatic rings. The molecule has 0 aliphatic carbocycles. The number of carbonyl (C=O) groups excluding carboxylic acids is 1. The Bertz CT molecular complexity index is 346. The van der Waals surface area contributed by atoms with Gasteiger partial charge in [-0.2, -0.15) is 0 Å². The summed E-state index contributed by atoms with van der Waals surface area (Å²) in [6, 6.07) is 3.52. The van der Waals surface area contributed by atoms with Gasteiger partial charge >= 0.3 is 0 Å². The van der Waals surface area contributed by atoms with Crippen molar-refractivity contribution in [2.24, 2.45) is 5.92 Å². The Balaban J connectivity index is 2.25. The predicted octanol–water partition coefficient (Wildman–Crippen LogP) is 1.98. The van der Waals surface area contributed by atoms with Crippen LogP contribution in [0.4, 0.5) is 0 Å². The molecule has 1 rings (SSSR count). The molecular weight excluding hydrogens is 218 g/mol. The molecular formula is C13H21NO3. The average Bonchev–Trinajstić information content (AvgIpc) is 2.82. The van der Waals surface area contributed by atoms with Crippen LogP contribution in [0.3, 0.4) is 0 Å². The fraction of sp³-hybridized carbons (Fsp3) is 0.615. The van der Waals surface area contributed by atoms with Crippen molar-refractivity contribution in [1.29, 1.82) is 0 Å². The second-order valence-electron chi connectivity index (χ2n) is 4.31. The largest absolute Gasteiger partial charge is 0.456 e. The van der Waals surface area contributed by atoms with E-state index in [0.717, 1.165) is 25.0 Å². The van der Waals surface area contributed by atoms with E-state index in [0.29, 0.717) is 18.2 Å². The van der Waals surface area contributed by atoms with Gasteiger partial charge < -0.3 is 14.8 Å². The lowest BCUT2D eigenvalue weighted by atomic mass is 10.1. The summed E-state index contributed by atoms with van der Waals surface area (Å²) in [5.41, 5.74) is 0. The molecule has 0 spiro atoms. The normalized spacial score (nSPS) is 12.4. The summed E-state index contributed by atoms with van der Waals surface area (Å²) in [7, 11) is 0. The molecule has 0 radical (unpaired) electrons. The number of rotatable bonds is 7. The van der Waals surface area contributed by atoms with Crippen molar-refractivity contribution >= 4 is 5.91 Å². The van der Waals surface area contributed by atoms with Crippen molar-refractivity contribution < 1.29 is 14.3 Å². The average molecular weight is 239 g/mol. The zero-order valence-corrected chi connectivity index (χ0v) is 10.5. The summed E-state index contributed by atoms with van der Waals surface area (Å²) in [5, 5.41) is 11.7. The van der Waals surface area contributed by atoms with Crippen molar-refractivity contribution in [3.63, 3.8) is 0 Å². The van der Waals surface area contributed by atoms with Gasteiger partial charge in [0.25, 0.3) is 5.91 Å². The summed E-state index contributed by atoms with van der Waals surface area (Å²) in [4.78, 5) is 11.6. The minimum atomic E-state index is -0.165. The molecule has 1 heterocycles. The van der Waals surface area contributed by atoms with Crippen LogP contribution in [0.2, 0.25) is 0 Å². The highest BCUT2D eigenvalue weighted by molar-refractivity contribution is 5.91. The highest BCUT2D eigenvalue weighted by Gasteiger charge is 2.09. The number of carbonyl (C=O) groups is 1. The first kappa shape index (κ1) is 13.8. The molecule has 0 saturated heterocycles. The van der Waals surface area contributed by atoms with E-state index in [4.69, 9.17) is 9.52 Å². The summed E-state index contributed by atoms with van der Waals surface area (Å²) in [6.07, 6.45) is 2.57. The van der Waals surface area contributed by atoms with Crippen LogP contribution in [0.25, 0.3) is 0 Å². The Morgan fingerprint density at radius 3 is 2.88 bits per heavy atom. The number of hydrogen-bond acceptors (Lipinski definition) is 3. The van der Waals surface area contributed by atoms with Crippen molar-refractivity contribution in [2.75, 3.05) is 13.2 Å². The van der Waals surface area contributed by atoms with Gasteiger partial charge in [0.15, 0.2) is 5.76 Å². The highest BCUT2D eigenvalue weighted by Crippen LogP contribution is 2.08. The molecule has 0 fully saturated rings. The van der Waals surface area contributed by atoms with Gasteiger partial charge in [0, 0.05) is 19.6 Å². The Hall–Kier alpha value is -1.29. The fourth-order valence-corrected chi connectivity index (χ4v) is 1.52. The Kier molecular flexibility index (Phi) is 5.77. The van der Waals surface area contributed by atoms with Crippen molar-refractivity contribution in [2.45, 2.75) is 33.1 Å². The molecule has 17 heavy (non-hydrogen) atoms. The van der Waals surface area contributed by atoms with Crippen LogP contribution in [0, 0.1) is 5.92 Å². The monoisotopic (exact) mass is 239 g/mol. The molecule has 2 N–H and O–H groups in total. The van der Waals surface area contributed by atoms with Crippen LogP contribution >= 0.6 is 0 Å². The van der Waals surface area contributed by atoms with Crippen molar-refractivity contribution in [3.05, 3.63) is 23.7 Å². The maximum absolute atomic E-state index is 11.6. The molecule has 0 aliphatic heterocycles. The summed E-state index contributed by atoms with van der Waals surface area (Å²) < 4.78 is 5.34. The van der Waals surface area contributed by atoms with Gasteiger partial charge in [0.05, 0.1) is 0 Å². The lowest BCUT2D eigenvalue weighted by Crippen LogP contribution is -2.24. The van der Waals surface area contributed by atoms with Gasteiger partial charge in [-0.05, 0) is 30.9 Å². The van der Waals surface area contributed by atoms with Crippen LogP contribution in [0.5, 0.6) is 0 Å². The minimum absolute atomic E-state index is 0.165. The van der Waals surface area contributed by atoms with Crippen LogP contribution in [0.15, 0.2) is 16.5 Å². The molecule has 0 aliphatic rings. The number of amides is 1. The quantitative estimate of drug-likeness (QED) is 0.715. The van der Waals surface area contributed by atoms with E-state index in [9.17, 15) is 4.79 Å². The third-order valence-electron chi connectivity index (χ3n) is 2.70. The first-order valence-electron chi connectivity index (χ1n) is 6.15. The van der Waals surface area contributed by atoms with Gasteiger partial charge in [0.1, 0.15) is 5.76 Å². The van der Waals surface area contributed by atoms with E-state index in [1.807, 2.05) is 19.9 Å². The molecule has 0 aromatic carbocycles. The SMILES string of the molecule is CCc1ccc(C(=O)NCCCC(C)CO)o1. The Morgan fingerprint density at radius 2 is 2.29 bits per heavy atom. The standard InChI is InChI=1S/C13H21NO3/c1-3-11-6-7-12(17-11)13(16)14-8-4-5-10(2)9-15/h6-7,10,15H,3-5,8-9H2,1-2H3,(H,14,16). The zero-order chi connectivity index (χ0) is 12.7. The first-order chi connectivity index (χ1) is 8.17. The third-order valence-corrected chi connectivity index (χ3v) is 2.70. The zero-order valence-electron chi connectivity index (χ0n) is 10.5. The minimum Gasteiger partial charge on any atom is -0.456 e. The van der Waals surface area contributed by atoms with Crippen LogP contribution in [0.1, 0.15) is 43.0 Å². The van der Waals surface area contributed by atoms with Gasteiger partial charge in [-0.25, -0.2) is 0 Å². The highest BCUT2D eigenvalue weighted by atomic mass is 16.3. The van der Waals surface area contributed by atoms with Crippen LogP contribution in [-0.4, -0.2) is 24.2 Å². The van der Waals surface area contributed by atoms with Crippen LogP contribution in [-0.2, 0) is 6.42 Å². The molecule has 0 bridgehead atoms. The molecule has 1 atom stereocenters. The summed E-state index contributed by atoms with van der Waals surface area (Å²) in [5.74, 6) is 1.32. The molecule has 1 aromatic heterocycles. The number of aliphatic hydroxyl groups excluding tert-OH is 1. The second kappa shape index (κ2) is 7.12. The maximum Gasteiger partial charge on any atom is 0.286 e. The molecule has 0 saturated carbocycles. The molecule has 1 amide bonds. The number of aryl methyl sites for hydroxylation is 1. The second-order valence-corrected chi connectivity index (χ2v) is 4.31. The van der Waals surface area contributed by atoms with Crippen LogP contribution < -0.4 is 5.32 Å². The number of nitrogens with one attached hydrogen (secondary N) is 1. The first-order valence-corrected chi connectivity index (χ1v) is 6.15. The molecule has 1 unspecified atom stereocenters. The van der Waals surface area contributed by atoms with Gasteiger partial charge in [-0.3, -0.25) is 4.79 Å². The van der Waals surface area contributed by atoms with E-state index in [2.05, 4.69) is 5.32 Å². The van der Waals surface area contributed by atoms with E-state index in [-0.39, 0.29) is 12.5 Å². The topological polar surface area (TPSA) is 62.5 Å². The van der Waals surface area contributed by atoms with E-state index < -0.39 is 0 Å². The van der Waals surface area contributed by atoms with Gasteiger partial charge in [-0.15, -0.1) is 0 Å². The molecule has 96 valence electrons. The lowest BCUT2D eigenvalue weighted by Gasteiger charge is -2.07. The van der Waals surface area contributed by atoms with Gasteiger partial charge in [0.2, 0.25) is 0 Å². The fourth-order valence-electron chi connectivity index (χ4n) is 1.52. The number of aliphatic hydroxyl groups is 1. The number of hydrogen-bond donors (Lipinski definition) is 2. The maximum atomic E-state index is 11.6.